The number of hydrogen-bond acceptors (Lipinski definition) is 1. The van der Waals surface area contributed by atoms with E-state index in [0.29, 0.717) is 12.0 Å². The average Bonchev–Trinajstić information content (AvgIpc) is 3.06. The molecule has 2 aromatic carbocycles. The van der Waals surface area contributed by atoms with Crippen LogP contribution in [0.25, 0.3) is 0 Å². The maximum absolute atomic E-state index is 2.78. The van der Waals surface area contributed by atoms with Gasteiger partial charge in [-0.15, -0.1) is 0 Å². The molecule has 0 unspecified atom stereocenters. The summed E-state index contributed by atoms with van der Waals surface area (Å²) in [6.07, 6.45) is 2.65. The summed E-state index contributed by atoms with van der Waals surface area (Å²) < 4.78 is 0. The molecule has 2 fully saturated rings. The third kappa shape index (κ3) is 2.20. The van der Waals surface area contributed by atoms with E-state index >= 15 is 0 Å². The summed E-state index contributed by atoms with van der Waals surface area (Å²) in [4.78, 5) is 2.78. The van der Waals surface area contributed by atoms with Gasteiger partial charge in [-0.2, -0.15) is 0 Å². The van der Waals surface area contributed by atoms with Gasteiger partial charge in [-0.3, -0.25) is 4.90 Å². The van der Waals surface area contributed by atoms with E-state index in [-0.39, 0.29) is 0 Å². The standard InChI is InChI=1S/C20H23N/c1-15-14-21-18(16-8-4-2-5-9-16)12-13-19(21)20(15)17-10-6-3-7-11-17/h2-11,15,18-20H,12-14H2,1H3/t15-,18+,19+,20+/m0/s1. The molecule has 0 N–H and O–H groups in total. The van der Waals surface area contributed by atoms with E-state index < -0.39 is 0 Å². The summed E-state index contributed by atoms with van der Waals surface area (Å²) in [7, 11) is 0. The summed E-state index contributed by atoms with van der Waals surface area (Å²) in [5, 5.41) is 0. The van der Waals surface area contributed by atoms with Crippen LogP contribution >= 0.6 is 0 Å². The SMILES string of the molecule is C[C@H]1CN2[C@@H](c3ccccc3)CC[C@@H]2[C@H]1c1ccccc1. The normalized spacial score (nSPS) is 32.2. The third-order valence-electron chi connectivity index (χ3n) is 5.46. The molecule has 2 aliphatic heterocycles. The first-order chi connectivity index (χ1) is 10.3. The van der Waals surface area contributed by atoms with Gasteiger partial charge in [0.25, 0.3) is 0 Å². The Kier molecular flexibility index (Phi) is 3.31. The fraction of sp³-hybridized carbons (Fsp3) is 0.400. The summed E-state index contributed by atoms with van der Waals surface area (Å²) in [6, 6.07) is 23.6. The highest BCUT2D eigenvalue weighted by Crippen LogP contribution is 2.49. The lowest BCUT2D eigenvalue weighted by atomic mass is 9.84. The van der Waals surface area contributed by atoms with Crippen molar-refractivity contribution in [3.8, 4) is 0 Å². The van der Waals surface area contributed by atoms with Crippen molar-refractivity contribution in [1.29, 1.82) is 0 Å². The van der Waals surface area contributed by atoms with E-state index in [2.05, 4.69) is 72.5 Å². The molecule has 0 bridgehead atoms. The molecule has 1 nitrogen and oxygen atoms in total. The van der Waals surface area contributed by atoms with Crippen molar-refractivity contribution in [3.05, 3.63) is 71.8 Å². The molecule has 4 rings (SSSR count). The van der Waals surface area contributed by atoms with Gasteiger partial charge in [-0.25, -0.2) is 0 Å². The van der Waals surface area contributed by atoms with Gasteiger partial charge >= 0.3 is 0 Å². The van der Waals surface area contributed by atoms with Gasteiger partial charge in [-0.05, 0) is 29.9 Å². The minimum atomic E-state index is 0.632. The molecule has 4 atom stereocenters. The third-order valence-corrected chi connectivity index (χ3v) is 5.46. The fourth-order valence-electron chi connectivity index (χ4n) is 4.62. The molecule has 0 spiro atoms. The van der Waals surface area contributed by atoms with Crippen LogP contribution in [-0.4, -0.2) is 17.5 Å². The van der Waals surface area contributed by atoms with Gasteiger partial charge in [0.15, 0.2) is 0 Å². The zero-order chi connectivity index (χ0) is 14.2. The second kappa shape index (κ2) is 5.31. The van der Waals surface area contributed by atoms with Crippen molar-refractivity contribution in [3.63, 3.8) is 0 Å². The number of hydrogen-bond donors (Lipinski definition) is 0. The quantitative estimate of drug-likeness (QED) is 0.774. The Morgan fingerprint density at radius 1 is 0.810 bits per heavy atom. The summed E-state index contributed by atoms with van der Waals surface area (Å²) in [6.45, 7) is 3.67. The molecule has 21 heavy (non-hydrogen) atoms. The van der Waals surface area contributed by atoms with Crippen LogP contribution in [0, 0.1) is 5.92 Å². The number of nitrogens with zero attached hydrogens (tertiary/aromatic N) is 1. The summed E-state index contributed by atoms with van der Waals surface area (Å²) in [5.74, 6) is 1.46. The molecule has 0 aromatic heterocycles. The Labute approximate surface area is 127 Å². The van der Waals surface area contributed by atoms with Crippen molar-refractivity contribution < 1.29 is 0 Å². The van der Waals surface area contributed by atoms with Crippen LogP contribution < -0.4 is 0 Å². The number of fused-ring (bicyclic) bond motifs is 1. The van der Waals surface area contributed by atoms with Crippen LogP contribution in [0.1, 0.15) is 42.9 Å². The summed E-state index contributed by atoms with van der Waals surface area (Å²) >= 11 is 0. The molecular formula is C20H23N. The lowest BCUT2D eigenvalue weighted by molar-refractivity contribution is 0.239. The number of benzene rings is 2. The zero-order valence-electron chi connectivity index (χ0n) is 12.7. The highest BCUT2D eigenvalue weighted by Gasteiger charge is 2.46. The van der Waals surface area contributed by atoms with Gasteiger partial charge in [0.1, 0.15) is 0 Å². The van der Waals surface area contributed by atoms with E-state index in [1.54, 1.807) is 0 Å². The van der Waals surface area contributed by atoms with E-state index in [9.17, 15) is 0 Å². The monoisotopic (exact) mass is 277 g/mol. The Hall–Kier alpha value is -1.60. The van der Waals surface area contributed by atoms with Crippen molar-refractivity contribution >= 4 is 0 Å². The average molecular weight is 277 g/mol. The zero-order valence-corrected chi connectivity index (χ0v) is 12.7. The van der Waals surface area contributed by atoms with Crippen LogP contribution in [0.4, 0.5) is 0 Å². The predicted octanol–water partition coefficient (Wildman–Crippen LogP) is 4.63. The van der Waals surface area contributed by atoms with Crippen molar-refractivity contribution in [2.75, 3.05) is 6.54 Å². The van der Waals surface area contributed by atoms with E-state index in [0.717, 1.165) is 12.0 Å². The Morgan fingerprint density at radius 2 is 1.43 bits per heavy atom. The van der Waals surface area contributed by atoms with Gasteiger partial charge in [-0.1, -0.05) is 67.6 Å². The predicted molar refractivity (Wildman–Crippen MR) is 87.3 cm³/mol. The van der Waals surface area contributed by atoms with Crippen molar-refractivity contribution in [2.24, 2.45) is 5.92 Å². The molecular weight excluding hydrogens is 254 g/mol. The molecule has 2 heterocycles. The molecule has 1 heteroatoms. The maximum Gasteiger partial charge on any atom is 0.0352 e. The second-order valence-electron chi connectivity index (χ2n) is 6.68. The van der Waals surface area contributed by atoms with Gasteiger partial charge < -0.3 is 0 Å². The Bertz CT molecular complexity index is 592. The molecule has 108 valence electrons. The van der Waals surface area contributed by atoms with Crippen LogP contribution in [-0.2, 0) is 0 Å². The van der Waals surface area contributed by atoms with Crippen LogP contribution in [0.2, 0.25) is 0 Å². The van der Waals surface area contributed by atoms with E-state index in [1.165, 1.54) is 30.5 Å². The van der Waals surface area contributed by atoms with Crippen LogP contribution in [0.15, 0.2) is 60.7 Å². The Morgan fingerprint density at radius 3 is 2.10 bits per heavy atom. The number of rotatable bonds is 2. The first kappa shape index (κ1) is 13.1. The fourth-order valence-corrected chi connectivity index (χ4v) is 4.62. The molecule has 0 aliphatic carbocycles. The van der Waals surface area contributed by atoms with Gasteiger partial charge in [0.05, 0.1) is 0 Å². The lowest BCUT2D eigenvalue weighted by Gasteiger charge is -2.26. The minimum absolute atomic E-state index is 0.632. The largest absolute Gasteiger partial charge is 0.292 e. The van der Waals surface area contributed by atoms with Crippen LogP contribution in [0.3, 0.4) is 0 Å². The smallest absolute Gasteiger partial charge is 0.0352 e. The molecule has 2 saturated heterocycles. The minimum Gasteiger partial charge on any atom is -0.292 e. The van der Waals surface area contributed by atoms with Crippen molar-refractivity contribution in [2.45, 2.75) is 37.8 Å². The van der Waals surface area contributed by atoms with Gasteiger partial charge in [0, 0.05) is 24.5 Å². The molecule has 0 saturated carbocycles. The lowest BCUT2D eigenvalue weighted by Crippen LogP contribution is -2.27. The molecule has 0 radical (unpaired) electrons. The van der Waals surface area contributed by atoms with E-state index in [1.807, 2.05) is 0 Å². The molecule has 0 amide bonds. The molecule has 2 aliphatic rings. The van der Waals surface area contributed by atoms with Crippen LogP contribution in [0.5, 0.6) is 0 Å². The first-order valence-corrected chi connectivity index (χ1v) is 8.20. The maximum atomic E-state index is 2.78. The first-order valence-electron chi connectivity index (χ1n) is 8.20. The highest BCUT2D eigenvalue weighted by atomic mass is 15.2. The van der Waals surface area contributed by atoms with Gasteiger partial charge in [0.2, 0.25) is 0 Å². The van der Waals surface area contributed by atoms with Crippen molar-refractivity contribution in [1.82, 2.24) is 4.90 Å². The highest BCUT2D eigenvalue weighted by molar-refractivity contribution is 5.28. The van der Waals surface area contributed by atoms with E-state index in [4.69, 9.17) is 0 Å². The Balaban J connectivity index is 1.63. The topological polar surface area (TPSA) is 3.24 Å². The summed E-state index contributed by atoms with van der Waals surface area (Å²) in [5.41, 5.74) is 3.03. The molecule has 2 aromatic rings. The second-order valence-corrected chi connectivity index (χ2v) is 6.68.